The fraction of sp³-hybridized carbons (Fsp3) is 0.647. The van der Waals surface area contributed by atoms with Gasteiger partial charge in [-0.2, -0.15) is 0 Å². The molecule has 1 saturated heterocycles. The highest BCUT2D eigenvalue weighted by Crippen LogP contribution is 2.12. The summed E-state index contributed by atoms with van der Waals surface area (Å²) in [6, 6.07) is 0. The summed E-state index contributed by atoms with van der Waals surface area (Å²) in [7, 11) is 0. The summed E-state index contributed by atoms with van der Waals surface area (Å²) in [5, 5.41) is 0. The zero-order chi connectivity index (χ0) is 17.7. The second-order valence-electron chi connectivity index (χ2n) is 7.03. The summed E-state index contributed by atoms with van der Waals surface area (Å²) in [5.41, 5.74) is 0.730. The second kappa shape index (κ2) is 7.70. The predicted molar refractivity (Wildman–Crippen MR) is 90.0 cm³/mol. The van der Waals surface area contributed by atoms with Crippen molar-refractivity contribution in [1.29, 1.82) is 0 Å². The average molecular weight is 334 g/mol. The molecule has 1 fully saturated rings. The molecule has 1 aliphatic rings. The van der Waals surface area contributed by atoms with Crippen LogP contribution in [0.4, 0.5) is 4.79 Å². The van der Waals surface area contributed by atoms with Crippen molar-refractivity contribution in [3.8, 4) is 0 Å². The third kappa shape index (κ3) is 5.56. The lowest BCUT2D eigenvalue weighted by Gasteiger charge is -2.35. The molecule has 0 radical (unpaired) electrons. The first kappa shape index (κ1) is 18.3. The van der Waals surface area contributed by atoms with Crippen molar-refractivity contribution in [3.05, 3.63) is 23.8 Å². The molecule has 24 heavy (non-hydrogen) atoms. The molecule has 132 valence electrons. The number of rotatable bonds is 4. The Kier molecular flexibility index (Phi) is 5.88. The first-order valence-electron chi connectivity index (χ1n) is 8.27. The first-order chi connectivity index (χ1) is 11.2. The Morgan fingerprint density at radius 2 is 1.79 bits per heavy atom. The van der Waals surface area contributed by atoms with Gasteiger partial charge in [0.1, 0.15) is 11.3 Å². The number of aromatic nitrogens is 2. The van der Waals surface area contributed by atoms with E-state index in [1.807, 2.05) is 27.7 Å². The Bertz CT molecular complexity index is 572. The Morgan fingerprint density at radius 3 is 2.33 bits per heavy atom. The van der Waals surface area contributed by atoms with E-state index < -0.39 is 5.60 Å². The van der Waals surface area contributed by atoms with Crippen LogP contribution in [0.25, 0.3) is 0 Å². The zero-order valence-electron chi connectivity index (χ0n) is 14.9. The van der Waals surface area contributed by atoms with Crippen molar-refractivity contribution in [3.63, 3.8) is 0 Å². The molecule has 1 aliphatic heterocycles. The monoisotopic (exact) mass is 334 g/mol. The number of amides is 1. The van der Waals surface area contributed by atoms with Gasteiger partial charge in [0.25, 0.3) is 0 Å². The van der Waals surface area contributed by atoms with Gasteiger partial charge in [-0.15, -0.1) is 0 Å². The molecule has 0 saturated carbocycles. The summed E-state index contributed by atoms with van der Waals surface area (Å²) < 4.78 is 5.38. The number of ketones is 1. The van der Waals surface area contributed by atoms with E-state index in [2.05, 4.69) is 14.9 Å². The van der Waals surface area contributed by atoms with Crippen molar-refractivity contribution in [2.75, 3.05) is 32.7 Å². The lowest BCUT2D eigenvalue weighted by molar-refractivity contribution is 0.0144. The molecule has 0 atom stereocenters. The van der Waals surface area contributed by atoms with Crippen molar-refractivity contribution in [2.24, 2.45) is 0 Å². The molecule has 0 bridgehead atoms. The number of Topliss-reactive ketones (excluding diaryl/α,β-unsaturated/α-hetero) is 1. The smallest absolute Gasteiger partial charge is 0.410 e. The molecule has 7 heteroatoms. The summed E-state index contributed by atoms with van der Waals surface area (Å²) in [6.45, 7) is 10.8. The molecule has 0 spiro atoms. The molecular weight excluding hydrogens is 308 g/mol. The molecule has 0 aromatic carbocycles. The van der Waals surface area contributed by atoms with Gasteiger partial charge in [0, 0.05) is 45.3 Å². The van der Waals surface area contributed by atoms with Crippen LogP contribution in [0.1, 0.15) is 43.4 Å². The summed E-state index contributed by atoms with van der Waals surface area (Å²) >= 11 is 0. The second-order valence-corrected chi connectivity index (χ2v) is 7.03. The van der Waals surface area contributed by atoms with E-state index in [4.69, 9.17) is 4.74 Å². The fourth-order valence-electron chi connectivity index (χ4n) is 2.40. The molecular formula is C17H26N4O3. The van der Waals surface area contributed by atoms with Gasteiger partial charge in [-0.05, 0) is 27.7 Å². The van der Waals surface area contributed by atoms with Crippen LogP contribution in [0.15, 0.2) is 12.4 Å². The minimum absolute atomic E-state index is 0.00271. The van der Waals surface area contributed by atoms with Gasteiger partial charge in [0.15, 0.2) is 5.78 Å². The molecule has 2 heterocycles. The van der Waals surface area contributed by atoms with Gasteiger partial charge < -0.3 is 9.64 Å². The molecule has 0 aliphatic carbocycles. The van der Waals surface area contributed by atoms with Gasteiger partial charge >= 0.3 is 6.09 Å². The van der Waals surface area contributed by atoms with Crippen LogP contribution < -0.4 is 0 Å². The number of hydrogen-bond acceptors (Lipinski definition) is 6. The van der Waals surface area contributed by atoms with Gasteiger partial charge in [0.05, 0.1) is 11.9 Å². The highest BCUT2D eigenvalue weighted by molar-refractivity contribution is 5.94. The van der Waals surface area contributed by atoms with Crippen LogP contribution in [0, 0.1) is 6.92 Å². The van der Waals surface area contributed by atoms with Crippen LogP contribution in [-0.4, -0.2) is 70.0 Å². The molecule has 1 aromatic heterocycles. The number of carbonyl (C=O) groups excluding carboxylic acids is 2. The molecule has 2 rings (SSSR count). The molecule has 7 nitrogen and oxygen atoms in total. The lowest BCUT2D eigenvalue weighted by atomic mass is 10.2. The minimum atomic E-state index is -0.476. The van der Waals surface area contributed by atoms with Crippen LogP contribution in [0.5, 0.6) is 0 Å². The summed E-state index contributed by atoms with van der Waals surface area (Å²) in [5.74, 6) is -0.00271. The fourth-order valence-corrected chi connectivity index (χ4v) is 2.40. The van der Waals surface area contributed by atoms with E-state index in [9.17, 15) is 9.59 Å². The van der Waals surface area contributed by atoms with E-state index in [1.54, 1.807) is 11.1 Å². The first-order valence-corrected chi connectivity index (χ1v) is 8.27. The largest absolute Gasteiger partial charge is 0.444 e. The molecule has 1 amide bonds. The predicted octanol–water partition coefficient (Wildman–Crippen LogP) is 1.91. The summed E-state index contributed by atoms with van der Waals surface area (Å²) in [6.07, 6.45) is 3.27. The maximum Gasteiger partial charge on any atom is 0.410 e. The van der Waals surface area contributed by atoms with E-state index in [1.165, 1.54) is 6.20 Å². The highest BCUT2D eigenvalue weighted by Gasteiger charge is 2.26. The summed E-state index contributed by atoms with van der Waals surface area (Å²) in [4.78, 5) is 36.2. The van der Waals surface area contributed by atoms with Crippen molar-refractivity contribution in [1.82, 2.24) is 19.8 Å². The maximum absolute atomic E-state index is 12.1. The van der Waals surface area contributed by atoms with Crippen molar-refractivity contribution >= 4 is 11.9 Å². The number of carbonyl (C=O) groups is 2. The van der Waals surface area contributed by atoms with Crippen LogP contribution >= 0.6 is 0 Å². The van der Waals surface area contributed by atoms with Crippen LogP contribution in [-0.2, 0) is 4.74 Å². The number of piperazine rings is 1. The minimum Gasteiger partial charge on any atom is -0.444 e. The van der Waals surface area contributed by atoms with E-state index in [-0.39, 0.29) is 11.9 Å². The molecule has 0 N–H and O–H groups in total. The Labute approximate surface area is 143 Å². The van der Waals surface area contributed by atoms with Gasteiger partial charge in [-0.3, -0.25) is 14.7 Å². The lowest BCUT2D eigenvalue weighted by Crippen LogP contribution is -2.50. The zero-order valence-corrected chi connectivity index (χ0v) is 14.9. The van der Waals surface area contributed by atoms with Crippen LogP contribution in [0.3, 0.4) is 0 Å². The third-order valence-electron chi connectivity index (χ3n) is 3.75. The maximum atomic E-state index is 12.1. The van der Waals surface area contributed by atoms with Crippen molar-refractivity contribution < 1.29 is 14.3 Å². The molecule has 1 aromatic rings. The Balaban J connectivity index is 1.74. The van der Waals surface area contributed by atoms with Crippen molar-refractivity contribution in [2.45, 2.75) is 39.7 Å². The normalized spacial score (nSPS) is 16.1. The number of nitrogens with zero attached hydrogens (tertiary/aromatic N) is 4. The molecule has 0 unspecified atom stereocenters. The highest BCUT2D eigenvalue weighted by atomic mass is 16.6. The van der Waals surface area contributed by atoms with Crippen LogP contribution in [0.2, 0.25) is 0 Å². The number of ether oxygens (including phenoxy) is 1. The Morgan fingerprint density at radius 1 is 1.12 bits per heavy atom. The van der Waals surface area contributed by atoms with Gasteiger partial charge in [0.2, 0.25) is 0 Å². The number of aryl methyl sites for hydroxylation is 1. The van der Waals surface area contributed by atoms with E-state index in [0.717, 1.165) is 18.8 Å². The topological polar surface area (TPSA) is 75.6 Å². The van der Waals surface area contributed by atoms with Gasteiger partial charge in [-0.1, -0.05) is 0 Å². The SMILES string of the molecule is Cc1cnc(C(=O)CCN2CCN(C(=O)OC(C)(C)C)CC2)cn1. The van der Waals surface area contributed by atoms with E-state index >= 15 is 0 Å². The van der Waals surface area contributed by atoms with E-state index in [0.29, 0.717) is 31.7 Å². The number of hydrogen-bond donors (Lipinski definition) is 0. The standard InChI is InChI=1S/C17H26N4O3/c1-13-11-19-14(12-18-13)15(22)5-6-20-7-9-21(10-8-20)16(23)24-17(2,3)4/h11-12H,5-10H2,1-4H3. The quantitative estimate of drug-likeness (QED) is 0.783. The van der Waals surface area contributed by atoms with Gasteiger partial charge in [-0.25, -0.2) is 9.78 Å². The third-order valence-corrected chi connectivity index (χ3v) is 3.75. The average Bonchev–Trinajstić information content (AvgIpc) is 2.52. The Hall–Kier alpha value is -2.02.